The number of aliphatic carboxylic acids is 1. The summed E-state index contributed by atoms with van der Waals surface area (Å²) >= 11 is 1.58. The fraction of sp³-hybridized carbons (Fsp3) is 0.625. The molecule has 1 N–H and O–H groups in total. The number of thiophene rings is 1. The van der Waals surface area contributed by atoms with Gasteiger partial charge in [-0.1, -0.05) is 0 Å². The van der Waals surface area contributed by atoms with E-state index >= 15 is 0 Å². The predicted octanol–water partition coefficient (Wildman–Crippen LogP) is 3.34. The van der Waals surface area contributed by atoms with Crippen LogP contribution in [-0.4, -0.2) is 34.0 Å². The van der Waals surface area contributed by atoms with Gasteiger partial charge in [0.2, 0.25) is 0 Å². The molecule has 0 unspecified atom stereocenters. The molecule has 4 nitrogen and oxygen atoms in total. The molecular formula is C16H23NO3S. The molecular weight excluding hydrogens is 286 g/mol. The van der Waals surface area contributed by atoms with Crippen LogP contribution in [0.15, 0.2) is 6.07 Å². The Morgan fingerprint density at radius 2 is 1.95 bits per heavy atom. The lowest BCUT2D eigenvalue weighted by atomic mass is 9.99. The Morgan fingerprint density at radius 3 is 2.52 bits per heavy atom. The number of fused-ring (bicyclic) bond motifs is 1. The van der Waals surface area contributed by atoms with Crippen molar-refractivity contribution >= 4 is 23.2 Å². The van der Waals surface area contributed by atoms with Crippen molar-refractivity contribution in [2.75, 3.05) is 6.54 Å². The normalized spacial score (nSPS) is 14.6. The Morgan fingerprint density at radius 1 is 1.29 bits per heavy atom. The minimum Gasteiger partial charge on any atom is -0.481 e. The molecule has 0 aromatic carbocycles. The van der Waals surface area contributed by atoms with Crippen LogP contribution in [0.3, 0.4) is 0 Å². The Bertz CT molecular complexity index is 519. The average Bonchev–Trinajstić information content (AvgIpc) is 2.80. The second kappa shape index (κ2) is 6.18. The van der Waals surface area contributed by atoms with Gasteiger partial charge in [0, 0.05) is 17.0 Å². The van der Waals surface area contributed by atoms with Crippen LogP contribution in [-0.2, 0) is 17.6 Å². The molecule has 0 spiro atoms. The van der Waals surface area contributed by atoms with Gasteiger partial charge < -0.3 is 10.0 Å². The number of hydrogen-bond donors (Lipinski definition) is 1. The topological polar surface area (TPSA) is 57.6 Å². The largest absolute Gasteiger partial charge is 0.481 e. The molecule has 116 valence electrons. The van der Waals surface area contributed by atoms with Gasteiger partial charge >= 0.3 is 5.97 Å². The first-order valence-corrected chi connectivity index (χ1v) is 8.26. The minimum atomic E-state index is -0.873. The summed E-state index contributed by atoms with van der Waals surface area (Å²) < 4.78 is 0. The van der Waals surface area contributed by atoms with Crippen LogP contribution in [0, 0.1) is 0 Å². The summed E-state index contributed by atoms with van der Waals surface area (Å²) in [7, 11) is 0. The van der Waals surface area contributed by atoms with Gasteiger partial charge in [-0.2, -0.15) is 0 Å². The van der Waals surface area contributed by atoms with E-state index in [-0.39, 0.29) is 24.4 Å². The molecule has 1 aromatic rings. The van der Waals surface area contributed by atoms with E-state index in [9.17, 15) is 9.59 Å². The van der Waals surface area contributed by atoms with Crippen molar-refractivity contribution in [3.63, 3.8) is 0 Å². The first-order valence-electron chi connectivity index (χ1n) is 7.44. The van der Waals surface area contributed by atoms with E-state index in [0.717, 1.165) is 17.7 Å². The highest BCUT2D eigenvalue weighted by molar-refractivity contribution is 7.14. The Hall–Kier alpha value is -1.36. The standard InChI is InChI=1S/C16H23NO3S/c1-16(2,3)17(9-8-14(18)19)15(20)13-10-11-6-4-5-7-12(11)21-13/h10H,4-9H2,1-3H3,(H,18,19). The van der Waals surface area contributed by atoms with Crippen LogP contribution in [0.2, 0.25) is 0 Å². The minimum absolute atomic E-state index is 0.0197. The van der Waals surface area contributed by atoms with Crippen molar-refractivity contribution in [3.05, 3.63) is 21.4 Å². The lowest BCUT2D eigenvalue weighted by molar-refractivity contribution is -0.137. The molecule has 0 bridgehead atoms. The van der Waals surface area contributed by atoms with E-state index in [0.29, 0.717) is 0 Å². The molecule has 1 aromatic heterocycles. The molecule has 1 heterocycles. The maximum absolute atomic E-state index is 12.8. The van der Waals surface area contributed by atoms with E-state index < -0.39 is 5.97 Å². The summed E-state index contributed by atoms with van der Waals surface area (Å²) in [6, 6.07) is 2.01. The zero-order valence-corrected chi connectivity index (χ0v) is 13.8. The quantitative estimate of drug-likeness (QED) is 0.928. The van der Waals surface area contributed by atoms with E-state index in [1.54, 1.807) is 16.2 Å². The predicted molar refractivity (Wildman–Crippen MR) is 84.0 cm³/mol. The van der Waals surface area contributed by atoms with Crippen LogP contribution in [0.4, 0.5) is 0 Å². The fourth-order valence-electron chi connectivity index (χ4n) is 2.68. The molecule has 0 saturated heterocycles. The smallest absolute Gasteiger partial charge is 0.305 e. The monoisotopic (exact) mass is 309 g/mol. The Kier molecular flexibility index (Phi) is 4.71. The fourth-order valence-corrected chi connectivity index (χ4v) is 3.88. The van der Waals surface area contributed by atoms with Gasteiger partial charge in [0.1, 0.15) is 0 Å². The van der Waals surface area contributed by atoms with Gasteiger partial charge in [-0.3, -0.25) is 9.59 Å². The Labute approximate surface area is 129 Å². The summed E-state index contributed by atoms with van der Waals surface area (Å²) in [5.74, 6) is -0.911. The van der Waals surface area contributed by atoms with E-state index in [1.165, 1.54) is 23.3 Å². The van der Waals surface area contributed by atoms with E-state index in [4.69, 9.17) is 5.11 Å². The maximum Gasteiger partial charge on any atom is 0.305 e. The summed E-state index contributed by atoms with van der Waals surface area (Å²) in [4.78, 5) is 27.3. The van der Waals surface area contributed by atoms with Crippen LogP contribution >= 0.6 is 11.3 Å². The number of rotatable bonds is 4. The summed E-state index contributed by atoms with van der Waals surface area (Å²) in [5, 5.41) is 8.88. The zero-order valence-electron chi connectivity index (χ0n) is 12.9. The van der Waals surface area contributed by atoms with Crippen molar-refractivity contribution in [2.24, 2.45) is 0 Å². The Balaban J connectivity index is 2.21. The molecule has 0 aliphatic heterocycles. The van der Waals surface area contributed by atoms with Crippen molar-refractivity contribution < 1.29 is 14.7 Å². The van der Waals surface area contributed by atoms with Crippen molar-refractivity contribution in [1.82, 2.24) is 4.90 Å². The van der Waals surface area contributed by atoms with Crippen LogP contribution < -0.4 is 0 Å². The van der Waals surface area contributed by atoms with Gasteiger partial charge in [-0.15, -0.1) is 11.3 Å². The van der Waals surface area contributed by atoms with E-state index in [1.807, 2.05) is 26.8 Å². The van der Waals surface area contributed by atoms with Crippen molar-refractivity contribution in [2.45, 2.75) is 58.4 Å². The first-order chi connectivity index (χ1) is 9.79. The van der Waals surface area contributed by atoms with Crippen molar-refractivity contribution in [3.8, 4) is 0 Å². The molecule has 1 aliphatic rings. The third-order valence-corrected chi connectivity index (χ3v) is 5.04. The number of carbonyl (C=O) groups is 2. The lowest BCUT2D eigenvalue weighted by Gasteiger charge is -2.35. The number of carboxylic acids is 1. The number of carbonyl (C=O) groups excluding carboxylic acids is 1. The van der Waals surface area contributed by atoms with Crippen LogP contribution in [0.5, 0.6) is 0 Å². The van der Waals surface area contributed by atoms with E-state index in [2.05, 4.69) is 0 Å². The van der Waals surface area contributed by atoms with Gasteiger partial charge in [0.15, 0.2) is 0 Å². The highest BCUT2D eigenvalue weighted by Gasteiger charge is 2.29. The number of aryl methyl sites for hydroxylation is 2. The SMILES string of the molecule is CC(C)(C)N(CCC(=O)O)C(=O)c1cc2c(s1)CCCC2. The summed E-state index contributed by atoms with van der Waals surface area (Å²) in [6.07, 6.45) is 4.50. The van der Waals surface area contributed by atoms with Gasteiger partial charge in [0.25, 0.3) is 5.91 Å². The molecule has 5 heteroatoms. The third-order valence-electron chi connectivity index (χ3n) is 3.81. The molecule has 0 radical (unpaired) electrons. The number of amides is 1. The maximum atomic E-state index is 12.8. The van der Waals surface area contributed by atoms with Crippen molar-refractivity contribution in [1.29, 1.82) is 0 Å². The first kappa shape index (κ1) is 16.0. The molecule has 0 atom stereocenters. The zero-order chi connectivity index (χ0) is 15.6. The van der Waals surface area contributed by atoms with Gasteiger partial charge in [-0.25, -0.2) is 0 Å². The van der Waals surface area contributed by atoms with Crippen LogP contribution in [0.25, 0.3) is 0 Å². The number of carboxylic acid groups (broad SMARTS) is 1. The van der Waals surface area contributed by atoms with Gasteiger partial charge in [-0.05, 0) is 58.1 Å². The third kappa shape index (κ3) is 3.84. The lowest BCUT2D eigenvalue weighted by Crippen LogP contribution is -2.46. The molecule has 2 rings (SSSR count). The number of hydrogen-bond acceptors (Lipinski definition) is 3. The average molecular weight is 309 g/mol. The molecule has 0 saturated carbocycles. The molecule has 0 fully saturated rings. The highest BCUT2D eigenvalue weighted by atomic mass is 32.1. The molecule has 21 heavy (non-hydrogen) atoms. The molecule has 1 aliphatic carbocycles. The number of nitrogens with zero attached hydrogens (tertiary/aromatic N) is 1. The second-order valence-corrected chi connectivity index (χ2v) is 7.67. The summed E-state index contributed by atoms with van der Waals surface area (Å²) in [5.41, 5.74) is 0.929. The van der Waals surface area contributed by atoms with Crippen LogP contribution in [0.1, 0.15) is 60.1 Å². The second-order valence-electron chi connectivity index (χ2n) is 6.54. The van der Waals surface area contributed by atoms with Gasteiger partial charge in [0.05, 0.1) is 11.3 Å². The highest BCUT2D eigenvalue weighted by Crippen LogP contribution is 2.31. The summed E-state index contributed by atoms with van der Waals surface area (Å²) in [6.45, 7) is 6.08. The molecule has 1 amide bonds.